The molecular formula is C18H28HfO2. The van der Waals surface area contributed by atoms with Gasteiger partial charge in [0.15, 0.2) is 0 Å². The van der Waals surface area contributed by atoms with Crippen molar-refractivity contribution < 1.29 is 36.1 Å². The summed E-state index contributed by atoms with van der Waals surface area (Å²) in [5.41, 5.74) is 0. The second-order valence-electron chi connectivity index (χ2n) is 4.04. The fourth-order valence-electron chi connectivity index (χ4n) is 0.930. The van der Waals surface area contributed by atoms with Gasteiger partial charge in [-0.15, -0.1) is 13.2 Å². The van der Waals surface area contributed by atoms with Gasteiger partial charge in [0, 0.05) is 0 Å². The minimum Gasteiger partial charge on any atom is -0.854 e. The van der Waals surface area contributed by atoms with Crippen molar-refractivity contribution in [2.45, 2.75) is 39.5 Å². The summed E-state index contributed by atoms with van der Waals surface area (Å²) in [6, 6.07) is 20.0. The molecular weight excluding hydrogens is 427 g/mol. The van der Waals surface area contributed by atoms with Gasteiger partial charge in [0.25, 0.3) is 0 Å². The van der Waals surface area contributed by atoms with Crippen LogP contribution in [-0.2, 0) is 25.8 Å². The first-order valence-electron chi connectivity index (χ1n) is 7.32. The number of hydrogen-bond donors (Lipinski definition) is 0. The molecule has 0 aliphatic carbocycles. The topological polar surface area (TPSA) is 46.1 Å². The van der Waals surface area contributed by atoms with E-state index in [9.17, 15) is 10.2 Å². The molecule has 0 N–H and O–H groups in total. The normalized spacial score (nSPS) is 7.81. The van der Waals surface area contributed by atoms with E-state index in [0.29, 0.717) is 0 Å². The molecule has 0 aliphatic rings. The van der Waals surface area contributed by atoms with Crippen LogP contribution in [0.3, 0.4) is 0 Å². The molecule has 0 aliphatic heterocycles. The zero-order valence-electron chi connectivity index (χ0n) is 13.3. The van der Waals surface area contributed by atoms with Gasteiger partial charge in [0.05, 0.1) is 0 Å². The number of unbranched alkanes of at least 4 members (excludes halogenated alkanes) is 2. The van der Waals surface area contributed by atoms with Crippen LogP contribution in [0.5, 0.6) is 0 Å². The van der Waals surface area contributed by atoms with Gasteiger partial charge < -0.3 is 10.2 Å². The van der Waals surface area contributed by atoms with Gasteiger partial charge >= 0.3 is 25.8 Å². The van der Waals surface area contributed by atoms with Crippen molar-refractivity contribution in [1.29, 1.82) is 0 Å². The van der Waals surface area contributed by atoms with Gasteiger partial charge in [-0.05, 0) is 0 Å². The molecule has 0 heterocycles. The van der Waals surface area contributed by atoms with Crippen LogP contribution in [0.25, 0.3) is 0 Å². The summed E-state index contributed by atoms with van der Waals surface area (Å²) in [7, 11) is 0. The Morgan fingerprint density at radius 3 is 1.00 bits per heavy atom. The summed E-state index contributed by atoms with van der Waals surface area (Å²) in [6.45, 7) is 4.21. The second kappa shape index (κ2) is 27.8. The second-order valence-corrected chi connectivity index (χ2v) is 4.04. The van der Waals surface area contributed by atoms with Gasteiger partial charge in [0.2, 0.25) is 0 Å². The van der Waals surface area contributed by atoms with E-state index in [0.717, 1.165) is 25.7 Å². The molecule has 21 heavy (non-hydrogen) atoms. The van der Waals surface area contributed by atoms with Crippen molar-refractivity contribution >= 4 is 0 Å². The Kier molecular flexibility index (Phi) is 33.6. The van der Waals surface area contributed by atoms with Crippen LogP contribution >= 0.6 is 0 Å². The van der Waals surface area contributed by atoms with Crippen LogP contribution in [0.15, 0.2) is 60.7 Å². The van der Waals surface area contributed by atoms with E-state index >= 15 is 0 Å². The molecule has 0 spiro atoms. The average molecular weight is 455 g/mol. The van der Waals surface area contributed by atoms with Crippen LogP contribution in [0.4, 0.5) is 0 Å². The van der Waals surface area contributed by atoms with Crippen molar-refractivity contribution in [1.82, 2.24) is 0 Å². The molecule has 2 aromatic carbocycles. The van der Waals surface area contributed by atoms with E-state index in [1.54, 1.807) is 0 Å². The monoisotopic (exact) mass is 456 g/mol. The number of hydrogen-bond acceptors (Lipinski definition) is 2. The smallest absolute Gasteiger partial charge is 0.854 e. The van der Waals surface area contributed by atoms with Crippen molar-refractivity contribution in [2.75, 3.05) is 13.2 Å². The Balaban J connectivity index is -0.000000202. The molecule has 2 aromatic rings. The maximum atomic E-state index is 9.53. The van der Waals surface area contributed by atoms with Crippen LogP contribution < -0.4 is 10.2 Å². The molecule has 0 atom stereocenters. The zero-order chi connectivity index (χ0) is 15.3. The molecule has 2 nitrogen and oxygen atoms in total. The Labute approximate surface area is 149 Å². The maximum Gasteiger partial charge on any atom is 4.00 e. The van der Waals surface area contributed by atoms with E-state index in [1.807, 2.05) is 74.5 Å². The van der Waals surface area contributed by atoms with E-state index in [4.69, 9.17) is 0 Å². The standard InChI is InChI=1S/2C5H5.2C4H9O.Hf/c2*1-2-4-5-3-1;2*1-2-3-4-5;/h2*1-5H;2*2-4H2,1H3;/q4*-1;+4. The molecule has 0 amide bonds. The third-order valence-electron chi connectivity index (χ3n) is 2.11. The molecule has 0 saturated carbocycles. The fourth-order valence-corrected chi connectivity index (χ4v) is 0.930. The molecule has 0 fully saturated rings. The zero-order valence-corrected chi connectivity index (χ0v) is 16.9. The predicted octanol–water partition coefficient (Wildman–Crippen LogP) is 3.10. The Bertz CT molecular complexity index is 220. The summed E-state index contributed by atoms with van der Waals surface area (Å²) in [5, 5.41) is 19.1. The van der Waals surface area contributed by atoms with Crippen molar-refractivity contribution in [2.24, 2.45) is 0 Å². The fraction of sp³-hybridized carbons (Fsp3) is 0.444. The summed E-state index contributed by atoms with van der Waals surface area (Å²) in [4.78, 5) is 0. The molecule has 116 valence electrons. The van der Waals surface area contributed by atoms with Crippen molar-refractivity contribution in [3.63, 3.8) is 0 Å². The minimum atomic E-state index is 0. The van der Waals surface area contributed by atoms with Gasteiger partial charge in [-0.2, -0.15) is 36.4 Å². The maximum absolute atomic E-state index is 9.53. The van der Waals surface area contributed by atoms with Gasteiger partial charge in [-0.3, -0.25) is 0 Å². The van der Waals surface area contributed by atoms with Crippen LogP contribution in [-0.4, -0.2) is 13.2 Å². The van der Waals surface area contributed by atoms with E-state index < -0.39 is 0 Å². The Hall–Kier alpha value is -0.510. The molecule has 0 aromatic heterocycles. The minimum absolute atomic E-state index is 0. The Morgan fingerprint density at radius 1 is 0.667 bits per heavy atom. The van der Waals surface area contributed by atoms with E-state index in [-0.39, 0.29) is 39.1 Å². The molecule has 0 radical (unpaired) electrons. The first-order chi connectivity index (χ1) is 9.83. The summed E-state index contributed by atoms with van der Waals surface area (Å²) < 4.78 is 0. The van der Waals surface area contributed by atoms with Crippen LogP contribution in [0.2, 0.25) is 0 Å². The van der Waals surface area contributed by atoms with Crippen molar-refractivity contribution in [3.8, 4) is 0 Å². The van der Waals surface area contributed by atoms with E-state index in [2.05, 4.69) is 0 Å². The third kappa shape index (κ3) is 32.8. The molecule has 0 unspecified atom stereocenters. The summed E-state index contributed by atoms with van der Waals surface area (Å²) in [6.07, 6.45) is 3.73. The quantitative estimate of drug-likeness (QED) is 0.526. The van der Waals surface area contributed by atoms with Crippen molar-refractivity contribution in [3.05, 3.63) is 60.7 Å². The SMILES string of the molecule is CCCC[O-].CCCC[O-].[Hf+4].c1cc[cH-]c1.c1cc[cH-]c1. The summed E-state index contributed by atoms with van der Waals surface area (Å²) >= 11 is 0. The largest absolute Gasteiger partial charge is 4.00 e. The first-order valence-corrected chi connectivity index (χ1v) is 7.32. The first kappa shape index (κ1) is 25.4. The third-order valence-corrected chi connectivity index (χ3v) is 2.11. The van der Waals surface area contributed by atoms with Crippen LogP contribution in [0.1, 0.15) is 39.5 Å². The molecule has 0 bridgehead atoms. The summed E-state index contributed by atoms with van der Waals surface area (Å²) in [5.74, 6) is 0. The molecule has 3 heteroatoms. The van der Waals surface area contributed by atoms with E-state index in [1.165, 1.54) is 0 Å². The Morgan fingerprint density at radius 2 is 0.952 bits per heavy atom. The predicted molar refractivity (Wildman–Crippen MR) is 83.6 cm³/mol. The molecule has 0 saturated heterocycles. The number of rotatable bonds is 4. The van der Waals surface area contributed by atoms with Gasteiger partial charge in [0.1, 0.15) is 0 Å². The average Bonchev–Trinajstić information content (AvgIpc) is 3.20. The van der Waals surface area contributed by atoms with Gasteiger partial charge in [-0.25, -0.2) is 24.3 Å². The van der Waals surface area contributed by atoms with Crippen LogP contribution in [0, 0.1) is 0 Å². The molecule has 2 rings (SSSR count). The van der Waals surface area contributed by atoms with Gasteiger partial charge in [-0.1, -0.05) is 39.5 Å².